The van der Waals surface area contributed by atoms with E-state index in [1.54, 1.807) is 4.90 Å². The third-order valence-corrected chi connectivity index (χ3v) is 5.24. The molecule has 28 heavy (non-hydrogen) atoms. The van der Waals surface area contributed by atoms with E-state index in [1.807, 2.05) is 30.3 Å². The van der Waals surface area contributed by atoms with E-state index in [0.717, 1.165) is 6.42 Å². The lowest BCUT2D eigenvalue weighted by Gasteiger charge is -2.32. The number of carbonyl (C=O) groups is 2. The van der Waals surface area contributed by atoms with Crippen LogP contribution in [0.4, 0.5) is 16.2 Å². The van der Waals surface area contributed by atoms with Gasteiger partial charge in [0.25, 0.3) is 0 Å². The lowest BCUT2D eigenvalue weighted by atomic mass is 9.98. The number of amides is 3. The predicted octanol–water partition coefficient (Wildman–Crippen LogP) is 5.03. The molecule has 3 N–H and O–H groups in total. The summed E-state index contributed by atoms with van der Waals surface area (Å²) in [6.45, 7) is 0.930. The molecular weight excluding hydrogens is 423 g/mol. The molecule has 0 bridgehead atoms. The Hall–Kier alpha value is -2.15. The number of anilines is 2. The molecule has 1 atom stereocenters. The van der Waals surface area contributed by atoms with Gasteiger partial charge < -0.3 is 10.2 Å². The topological polar surface area (TPSA) is 73.5 Å². The van der Waals surface area contributed by atoms with Crippen molar-refractivity contribution in [2.75, 3.05) is 23.8 Å². The fourth-order valence-electron chi connectivity index (χ4n) is 2.99. The Morgan fingerprint density at radius 2 is 1.71 bits per heavy atom. The van der Waals surface area contributed by atoms with Crippen molar-refractivity contribution in [2.24, 2.45) is 5.92 Å². The van der Waals surface area contributed by atoms with Crippen molar-refractivity contribution >= 4 is 58.1 Å². The number of halogens is 3. The summed E-state index contributed by atoms with van der Waals surface area (Å²) in [6, 6.07) is 12.0. The summed E-state index contributed by atoms with van der Waals surface area (Å²) in [5.41, 5.74) is 6.45. The van der Waals surface area contributed by atoms with Crippen LogP contribution in [0, 0.1) is 5.92 Å². The molecule has 0 radical (unpaired) electrons. The number of hydrogen-bond donors (Lipinski definition) is 3. The molecule has 1 heterocycles. The average molecular weight is 442 g/mol. The number of benzene rings is 2. The van der Waals surface area contributed by atoms with Crippen LogP contribution < -0.4 is 16.2 Å². The van der Waals surface area contributed by atoms with Gasteiger partial charge in [-0.3, -0.25) is 15.6 Å². The summed E-state index contributed by atoms with van der Waals surface area (Å²) in [7, 11) is 0. The third kappa shape index (κ3) is 5.22. The Morgan fingerprint density at radius 1 is 1.04 bits per heavy atom. The Morgan fingerprint density at radius 3 is 2.39 bits per heavy atom. The predicted molar refractivity (Wildman–Crippen MR) is 113 cm³/mol. The van der Waals surface area contributed by atoms with Crippen molar-refractivity contribution in [3.05, 3.63) is 57.5 Å². The van der Waals surface area contributed by atoms with E-state index in [-0.39, 0.29) is 17.9 Å². The summed E-state index contributed by atoms with van der Waals surface area (Å²) in [6.07, 6.45) is 1.42. The van der Waals surface area contributed by atoms with E-state index in [2.05, 4.69) is 16.2 Å². The molecule has 2 aromatic rings. The quantitative estimate of drug-likeness (QED) is 0.582. The van der Waals surface area contributed by atoms with Crippen molar-refractivity contribution < 1.29 is 9.59 Å². The number of likely N-dealkylation sites (tertiary alicyclic amines) is 1. The zero-order valence-corrected chi connectivity index (χ0v) is 17.1. The molecule has 2 aromatic carbocycles. The van der Waals surface area contributed by atoms with Gasteiger partial charge in [-0.1, -0.05) is 53.0 Å². The number of rotatable bonds is 4. The molecule has 3 rings (SSSR count). The van der Waals surface area contributed by atoms with Gasteiger partial charge in [0.1, 0.15) is 0 Å². The maximum Gasteiger partial charge on any atom is 0.321 e. The van der Waals surface area contributed by atoms with Crippen LogP contribution in [0.5, 0.6) is 0 Å². The van der Waals surface area contributed by atoms with Gasteiger partial charge in [-0.15, -0.1) is 0 Å². The van der Waals surface area contributed by atoms with Crippen LogP contribution in [0.25, 0.3) is 0 Å². The van der Waals surface area contributed by atoms with Crippen molar-refractivity contribution in [1.82, 2.24) is 10.3 Å². The van der Waals surface area contributed by atoms with Crippen molar-refractivity contribution in [3.8, 4) is 0 Å². The normalized spacial score (nSPS) is 16.4. The molecule has 0 spiro atoms. The Balaban J connectivity index is 1.56. The number of para-hydroxylation sites is 1. The molecule has 0 saturated carbocycles. The highest BCUT2D eigenvalue weighted by Crippen LogP contribution is 2.33. The summed E-state index contributed by atoms with van der Waals surface area (Å²) in [5.74, 6) is -0.577. The zero-order chi connectivity index (χ0) is 20.1. The number of urea groups is 1. The lowest BCUT2D eigenvalue weighted by Crippen LogP contribution is -2.47. The summed E-state index contributed by atoms with van der Waals surface area (Å²) < 4.78 is 0. The van der Waals surface area contributed by atoms with Crippen LogP contribution in [-0.2, 0) is 4.79 Å². The smallest absolute Gasteiger partial charge is 0.321 e. The van der Waals surface area contributed by atoms with Gasteiger partial charge in [-0.25, -0.2) is 4.79 Å². The largest absolute Gasteiger partial charge is 0.324 e. The molecule has 0 aliphatic carbocycles. The molecule has 6 nitrogen and oxygen atoms in total. The van der Waals surface area contributed by atoms with Gasteiger partial charge >= 0.3 is 6.03 Å². The van der Waals surface area contributed by atoms with Crippen LogP contribution in [0.15, 0.2) is 42.5 Å². The van der Waals surface area contributed by atoms with Gasteiger partial charge in [0, 0.05) is 23.8 Å². The molecule has 1 aliphatic heterocycles. The van der Waals surface area contributed by atoms with Gasteiger partial charge in [0.05, 0.1) is 21.7 Å². The monoisotopic (exact) mass is 440 g/mol. The Bertz CT molecular complexity index is 841. The molecule has 1 aliphatic rings. The highest BCUT2D eigenvalue weighted by molar-refractivity contribution is 6.41. The second-order valence-corrected chi connectivity index (χ2v) is 7.69. The second kappa shape index (κ2) is 9.37. The lowest BCUT2D eigenvalue weighted by molar-refractivity contribution is -0.125. The SMILES string of the molecule is O=C(NNc1c(Cl)cc(Cl)cc1Cl)C1CCCN(C(=O)Nc2ccccc2)C1. The van der Waals surface area contributed by atoms with E-state index >= 15 is 0 Å². The number of carbonyl (C=O) groups excluding carboxylic acids is 2. The van der Waals surface area contributed by atoms with Crippen molar-refractivity contribution in [3.63, 3.8) is 0 Å². The molecular formula is C19H19Cl3N4O2. The van der Waals surface area contributed by atoms with Gasteiger partial charge in [-0.05, 0) is 37.1 Å². The van der Waals surface area contributed by atoms with E-state index in [1.165, 1.54) is 12.1 Å². The van der Waals surface area contributed by atoms with E-state index in [4.69, 9.17) is 34.8 Å². The van der Waals surface area contributed by atoms with E-state index < -0.39 is 0 Å². The van der Waals surface area contributed by atoms with Crippen LogP contribution in [0.2, 0.25) is 15.1 Å². The number of hydrazine groups is 1. The molecule has 1 unspecified atom stereocenters. The first-order valence-electron chi connectivity index (χ1n) is 8.75. The third-order valence-electron chi connectivity index (χ3n) is 4.42. The summed E-state index contributed by atoms with van der Waals surface area (Å²) in [4.78, 5) is 26.6. The number of piperidine rings is 1. The van der Waals surface area contributed by atoms with Crippen LogP contribution in [0.3, 0.4) is 0 Å². The average Bonchev–Trinajstić information content (AvgIpc) is 2.68. The minimum Gasteiger partial charge on any atom is -0.324 e. The maximum atomic E-state index is 12.5. The first-order chi connectivity index (χ1) is 13.4. The summed E-state index contributed by atoms with van der Waals surface area (Å²) in [5, 5.41) is 3.84. The number of nitrogens with zero attached hydrogens (tertiary/aromatic N) is 1. The van der Waals surface area contributed by atoms with Crippen molar-refractivity contribution in [2.45, 2.75) is 12.8 Å². The fraction of sp³-hybridized carbons (Fsp3) is 0.263. The van der Waals surface area contributed by atoms with E-state index in [9.17, 15) is 9.59 Å². The molecule has 0 aromatic heterocycles. The minimum absolute atomic E-state index is 0.222. The first kappa shape index (κ1) is 20.6. The number of nitrogens with one attached hydrogen (secondary N) is 3. The van der Waals surface area contributed by atoms with Gasteiger partial charge in [0.15, 0.2) is 0 Å². The fourth-order valence-corrected chi connectivity index (χ4v) is 3.90. The molecule has 1 saturated heterocycles. The second-order valence-electron chi connectivity index (χ2n) is 6.44. The van der Waals surface area contributed by atoms with Gasteiger partial charge in [0.2, 0.25) is 5.91 Å². The Labute approximate surface area is 178 Å². The highest BCUT2D eigenvalue weighted by atomic mass is 35.5. The van der Waals surface area contributed by atoms with Crippen LogP contribution >= 0.6 is 34.8 Å². The van der Waals surface area contributed by atoms with Crippen LogP contribution in [-0.4, -0.2) is 29.9 Å². The molecule has 148 valence electrons. The number of hydrogen-bond acceptors (Lipinski definition) is 3. The minimum atomic E-state index is -0.340. The van der Waals surface area contributed by atoms with Crippen molar-refractivity contribution in [1.29, 1.82) is 0 Å². The Kier molecular flexibility index (Phi) is 6.88. The van der Waals surface area contributed by atoms with Gasteiger partial charge in [-0.2, -0.15) is 0 Å². The molecule has 3 amide bonds. The maximum absolute atomic E-state index is 12.5. The van der Waals surface area contributed by atoms with Crippen LogP contribution in [0.1, 0.15) is 12.8 Å². The molecule has 1 fully saturated rings. The first-order valence-corrected chi connectivity index (χ1v) is 9.89. The standard InChI is InChI=1S/C19H19Cl3N4O2/c20-13-9-15(21)17(16(22)10-13)24-25-18(27)12-5-4-8-26(11-12)19(28)23-14-6-2-1-3-7-14/h1-3,6-7,9-10,12,24H,4-5,8,11H2,(H,23,28)(H,25,27). The summed E-state index contributed by atoms with van der Waals surface area (Å²) >= 11 is 18.1. The molecule has 9 heteroatoms. The van der Waals surface area contributed by atoms with E-state index in [0.29, 0.717) is 46.0 Å². The highest BCUT2D eigenvalue weighted by Gasteiger charge is 2.28. The zero-order valence-electron chi connectivity index (χ0n) is 14.8.